The Hall–Kier alpha value is -2.25. The number of aromatic nitrogens is 2. The van der Waals surface area contributed by atoms with Gasteiger partial charge in [-0.2, -0.15) is 0 Å². The maximum absolute atomic E-state index is 13.7. The monoisotopic (exact) mass is 358 g/mol. The van der Waals surface area contributed by atoms with Gasteiger partial charge < -0.3 is 16.0 Å². The average molecular weight is 358 g/mol. The van der Waals surface area contributed by atoms with E-state index in [0.717, 1.165) is 36.8 Å². The van der Waals surface area contributed by atoms with Crippen LogP contribution < -0.4 is 11.1 Å². The molecule has 4 N–H and O–H groups in total. The van der Waals surface area contributed by atoms with Crippen LogP contribution in [0.4, 0.5) is 4.39 Å². The van der Waals surface area contributed by atoms with E-state index in [1.807, 2.05) is 0 Å². The minimum atomic E-state index is -0.680. The van der Waals surface area contributed by atoms with Crippen molar-refractivity contribution in [2.75, 3.05) is 6.54 Å². The predicted octanol–water partition coefficient (Wildman–Crippen LogP) is 3.52. The number of hydrogen-bond donors (Lipinski definition) is 3. The van der Waals surface area contributed by atoms with Crippen molar-refractivity contribution < 1.29 is 9.18 Å². The Morgan fingerprint density at radius 3 is 3.04 bits per heavy atom. The van der Waals surface area contributed by atoms with Crippen molar-refractivity contribution in [2.24, 2.45) is 5.73 Å². The number of nitrogens with zero attached hydrogens (tertiary/aromatic N) is 1. The zero-order valence-corrected chi connectivity index (χ0v) is 14.7. The van der Waals surface area contributed by atoms with Gasteiger partial charge in [-0.1, -0.05) is 13.3 Å². The Kier molecular flexibility index (Phi) is 4.05. The van der Waals surface area contributed by atoms with Crippen LogP contribution in [0.5, 0.6) is 0 Å². The van der Waals surface area contributed by atoms with Crippen molar-refractivity contribution in [1.29, 1.82) is 0 Å². The second-order valence-electron chi connectivity index (χ2n) is 6.34. The van der Waals surface area contributed by atoms with Crippen molar-refractivity contribution in [1.82, 2.24) is 15.3 Å². The molecule has 1 unspecified atom stereocenters. The van der Waals surface area contributed by atoms with E-state index in [0.29, 0.717) is 22.9 Å². The summed E-state index contributed by atoms with van der Waals surface area (Å²) in [5, 5.41) is 3.57. The van der Waals surface area contributed by atoms with Gasteiger partial charge in [0, 0.05) is 10.9 Å². The third-order valence-corrected chi connectivity index (χ3v) is 5.87. The zero-order valence-electron chi connectivity index (χ0n) is 13.9. The lowest BCUT2D eigenvalue weighted by Gasteiger charge is -2.23. The minimum Gasteiger partial charge on any atom is -0.366 e. The maximum atomic E-state index is 13.7. The molecule has 1 amide bonds. The summed E-state index contributed by atoms with van der Waals surface area (Å²) in [6.07, 6.45) is 3.22. The van der Waals surface area contributed by atoms with Crippen molar-refractivity contribution in [3.05, 3.63) is 40.0 Å². The van der Waals surface area contributed by atoms with E-state index in [1.54, 1.807) is 11.3 Å². The molecule has 7 heteroatoms. The Labute approximate surface area is 148 Å². The number of nitrogens with one attached hydrogen (secondary N) is 2. The third kappa shape index (κ3) is 2.83. The molecule has 0 saturated heterocycles. The van der Waals surface area contributed by atoms with Crippen LogP contribution in [0.3, 0.4) is 0 Å². The number of imidazole rings is 1. The van der Waals surface area contributed by atoms with E-state index in [2.05, 4.69) is 28.3 Å². The summed E-state index contributed by atoms with van der Waals surface area (Å²) < 4.78 is 13.7. The summed E-state index contributed by atoms with van der Waals surface area (Å²) in [5.74, 6) is -0.535. The summed E-state index contributed by atoms with van der Waals surface area (Å²) in [6.45, 7) is 3.16. The van der Waals surface area contributed by atoms with E-state index in [4.69, 9.17) is 5.73 Å². The normalized spacial score (nSPS) is 17.0. The number of thiophene rings is 1. The molecule has 1 aliphatic rings. The van der Waals surface area contributed by atoms with Crippen molar-refractivity contribution in [3.8, 4) is 10.7 Å². The molecular formula is C18H19FN4OS. The number of rotatable bonds is 4. The van der Waals surface area contributed by atoms with Crippen LogP contribution >= 0.6 is 11.3 Å². The van der Waals surface area contributed by atoms with Gasteiger partial charge in [0.2, 0.25) is 0 Å². The number of fused-ring (bicyclic) bond motifs is 2. The highest BCUT2D eigenvalue weighted by Gasteiger charge is 2.24. The second-order valence-corrected chi connectivity index (χ2v) is 7.43. The summed E-state index contributed by atoms with van der Waals surface area (Å²) in [5.41, 5.74) is 7.71. The molecule has 0 saturated carbocycles. The number of amides is 1. The van der Waals surface area contributed by atoms with Gasteiger partial charge in [-0.15, -0.1) is 11.3 Å². The standard InChI is InChI=1S/C18H19FN4OS/c1-2-3-12-16-9(4-5-21-12)6-14(25-16)18-22-13-8-10(19)7-11(17(20)24)15(13)23-18/h6-8,12,21H,2-5H2,1H3,(H2,20,24)(H,22,23). The highest BCUT2D eigenvalue weighted by atomic mass is 32.1. The van der Waals surface area contributed by atoms with Gasteiger partial charge in [-0.05, 0) is 43.1 Å². The number of carbonyl (C=O) groups is 1. The fourth-order valence-corrected chi connectivity index (χ4v) is 4.70. The number of carbonyl (C=O) groups excluding carboxylic acids is 1. The van der Waals surface area contributed by atoms with Crippen LogP contribution in [0.15, 0.2) is 18.2 Å². The lowest BCUT2D eigenvalue weighted by atomic mass is 10.0. The smallest absolute Gasteiger partial charge is 0.251 e. The molecule has 3 aromatic rings. The summed E-state index contributed by atoms with van der Waals surface area (Å²) in [4.78, 5) is 21.6. The second kappa shape index (κ2) is 6.24. The number of nitrogens with two attached hydrogens (primary N) is 1. The fraction of sp³-hybridized carbons (Fsp3) is 0.333. The van der Waals surface area contributed by atoms with E-state index in [-0.39, 0.29) is 5.56 Å². The summed E-state index contributed by atoms with van der Waals surface area (Å²) >= 11 is 1.70. The molecule has 1 aliphatic heterocycles. The van der Waals surface area contributed by atoms with Gasteiger partial charge in [-0.3, -0.25) is 4.79 Å². The third-order valence-electron chi connectivity index (χ3n) is 4.57. The molecule has 0 spiro atoms. The van der Waals surface area contributed by atoms with E-state index in [1.165, 1.54) is 16.5 Å². The molecular weight excluding hydrogens is 339 g/mol. The van der Waals surface area contributed by atoms with Gasteiger partial charge in [-0.25, -0.2) is 9.37 Å². The quantitative estimate of drug-likeness (QED) is 0.667. The number of aromatic amines is 1. The topological polar surface area (TPSA) is 83.8 Å². The number of H-pyrrole nitrogens is 1. The Morgan fingerprint density at radius 1 is 1.44 bits per heavy atom. The van der Waals surface area contributed by atoms with Crippen LogP contribution in [-0.2, 0) is 6.42 Å². The number of benzene rings is 1. The first-order chi connectivity index (χ1) is 12.1. The fourth-order valence-electron chi connectivity index (χ4n) is 3.43. The van der Waals surface area contributed by atoms with Gasteiger partial charge in [0.15, 0.2) is 0 Å². The number of hydrogen-bond acceptors (Lipinski definition) is 4. The average Bonchev–Trinajstić information content (AvgIpc) is 3.18. The van der Waals surface area contributed by atoms with E-state index < -0.39 is 11.7 Å². The Morgan fingerprint density at radius 2 is 2.28 bits per heavy atom. The van der Waals surface area contributed by atoms with E-state index in [9.17, 15) is 9.18 Å². The lowest BCUT2D eigenvalue weighted by molar-refractivity contribution is 0.100. The molecule has 3 heterocycles. The molecule has 0 aliphatic carbocycles. The van der Waals surface area contributed by atoms with Crippen LogP contribution in [0.1, 0.15) is 46.6 Å². The largest absolute Gasteiger partial charge is 0.366 e. The highest BCUT2D eigenvalue weighted by molar-refractivity contribution is 7.15. The number of halogens is 1. The maximum Gasteiger partial charge on any atom is 0.251 e. The Balaban J connectivity index is 1.80. The van der Waals surface area contributed by atoms with Gasteiger partial charge in [0.25, 0.3) is 5.91 Å². The van der Waals surface area contributed by atoms with Gasteiger partial charge in [0.1, 0.15) is 17.2 Å². The van der Waals surface area contributed by atoms with Crippen LogP contribution in [0, 0.1) is 5.82 Å². The molecule has 1 aromatic carbocycles. The molecule has 4 rings (SSSR count). The summed E-state index contributed by atoms with van der Waals surface area (Å²) in [7, 11) is 0. The molecule has 1 atom stereocenters. The predicted molar refractivity (Wildman–Crippen MR) is 97.2 cm³/mol. The van der Waals surface area contributed by atoms with Gasteiger partial charge in [0.05, 0.1) is 16.0 Å². The van der Waals surface area contributed by atoms with Crippen LogP contribution in [0.25, 0.3) is 21.7 Å². The SMILES string of the molecule is CCCC1NCCc2cc(-c3nc4c(C(N)=O)cc(F)cc4[nH]3)sc21. The highest BCUT2D eigenvalue weighted by Crippen LogP contribution is 2.38. The van der Waals surface area contributed by atoms with Crippen molar-refractivity contribution in [2.45, 2.75) is 32.2 Å². The molecule has 2 aromatic heterocycles. The lowest BCUT2D eigenvalue weighted by Crippen LogP contribution is -2.28. The molecule has 0 radical (unpaired) electrons. The molecule has 25 heavy (non-hydrogen) atoms. The molecule has 0 bridgehead atoms. The van der Waals surface area contributed by atoms with Crippen LogP contribution in [0.2, 0.25) is 0 Å². The van der Waals surface area contributed by atoms with Crippen molar-refractivity contribution in [3.63, 3.8) is 0 Å². The first-order valence-corrected chi connectivity index (χ1v) is 9.24. The molecule has 130 valence electrons. The first kappa shape index (κ1) is 16.2. The van der Waals surface area contributed by atoms with E-state index >= 15 is 0 Å². The molecule has 5 nitrogen and oxygen atoms in total. The molecule has 0 fully saturated rings. The van der Waals surface area contributed by atoms with Crippen molar-refractivity contribution >= 4 is 28.3 Å². The van der Waals surface area contributed by atoms with Crippen LogP contribution in [-0.4, -0.2) is 22.4 Å². The van der Waals surface area contributed by atoms with Gasteiger partial charge >= 0.3 is 0 Å². The number of primary amides is 1. The minimum absolute atomic E-state index is 0.101. The zero-order chi connectivity index (χ0) is 17.6. The first-order valence-electron chi connectivity index (χ1n) is 8.42. The summed E-state index contributed by atoms with van der Waals surface area (Å²) in [6, 6.07) is 5.01. The Bertz CT molecular complexity index is 962.